The average Bonchev–Trinajstić information content (AvgIpc) is 3.13. The van der Waals surface area contributed by atoms with E-state index >= 15 is 0 Å². The van der Waals surface area contributed by atoms with Crippen LogP contribution in [0.25, 0.3) is 11.3 Å². The number of benzene rings is 1. The molecule has 6 heteroatoms. The molecular weight excluding hydrogens is 384 g/mol. The summed E-state index contributed by atoms with van der Waals surface area (Å²) < 4.78 is 5.63. The van der Waals surface area contributed by atoms with Crippen LogP contribution in [0.1, 0.15) is 51.9 Å². The fraction of sp³-hybridized carbons (Fsp3) is 0.565. The molecule has 154 valence electrons. The molecule has 4 saturated carbocycles. The van der Waals surface area contributed by atoms with Crippen molar-refractivity contribution in [2.45, 2.75) is 57.5 Å². The van der Waals surface area contributed by atoms with Gasteiger partial charge in [0.05, 0.1) is 23.3 Å². The van der Waals surface area contributed by atoms with E-state index in [9.17, 15) is 9.90 Å². The van der Waals surface area contributed by atoms with Gasteiger partial charge in [-0.05, 0) is 81.0 Å². The van der Waals surface area contributed by atoms with E-state index in [1.807, 2.05) is 29.6 Å². The summed E-state index contributed by atoms with van der Waals surface area (Å²) in [5.74, 6) is 1.90. The molecule has 2 N–H and O–H groups in total. The van der Waals surface area contributed by atoms with Crippen molar-refractivity contribution in [3.8, 4) is 17.0 Å². The minimum Gasteiger partial charge on any atom is -0.494 e. The highest BCUT2D eigenvalue weighted by molar-refractivity contribution is 7.14. The maximum Gasteiger partial charge on any atom is 0.232 e. The second-order valence-corrected chi connectivity index (χ2v) is 10.2. The molecule has 4 bridgehead atoms. The van der Waals surface area contributed by atoms with Crippen LogP contribution in [0.15, 0.2) is 29.6 Å². The number of rotatable bonds is 6. The van der Waals surface area contributed by atoms with Crippen molar-refractivity contribution < 1.29 is 14.6 Å². The van der Waals surface area contributed by atoms with Crippen LogP contribution in [0.2, 0.25) is 0 Å². The predicted molar refractivity (Wildman–Crippen MR) is 114 cm³/mol. The van der Waals surface area contributed by atoms with Gasteiger partial charge in [-0.2, -0.15) is 0 Å². The van der Waals surface area contributed by atoms with Crippen molar-refractivity contribution >= 4 is 22.4 Å². The Labute approximate surface area is 175 Å². The Kier molecular flexibility index (Phi) is 4.67. The van der Waals surface area contributed by atoms with E-state index in [1.165, 1.54) is 17.8 Å². The predicted octanol–water partition coefficient (Wildman–Crippen LogP) is 4.87. The molecule has 4 aliphatic carbocycles. The van der Waals surface area contributed by atoms with Crippen LogP contribution in [0.5, 0.6) is 5.75 Å². The average molecular weight is 413 g/mol. The van der Waals surface area contributed by atoms with Gasteiger partial charge in [0.25, 0.3) is 0 Å². The topological polar surface area (TPSA) is 71.5 Å². The summed E-state index contributed by atoms with van der Waals surface area (Å²) in [4.78, 5) is 17.9. The SMILES string of the molecule is CCCOc1ccc(-c2csc(NC(=O)C34C[C@@H]5C[C@@H](CC(O)(C5)C3)C4)n2)cc1. The number of nitrogens with one attached hydrogen (secondary N) is 1. The monoisotopic (exact) mass is 412 g/mol. The van der Waals surface area contributed by atoms with Crippen molar-refractivity contribution in [2.75, 3.05) is 11.9 Å². The van der Waals surface area contributed by atoms with E-state index in [1.54, 1.807) is 0 Å². The molecule has 5 nitrogen and oxygen atoms in total. The fourth-order valence-electron chi connectivity index (χ4n) is 6.12. The molecule has 0 saturated heterocycles. The van der Waals surface area contributed by atoms with Gasteiger partial charge in [0.2, 0.25) is 5.91 Å². The second kappa shape index (κ2) is 7.10. The first kappa shape index (κ1) is 19.1. The van der Waals surface area contributed by atoms with E-state index in [0.29, 0.717) is 30.0 Å². The van der Waals surface area contributed by atoms with E-state index in [-0.39, 0.29) is 5.91 Å². The van der Waals surface area contributed by atoms with Gasteiger partial charge in [0, 0.05) is 10.9 Å². The first-order valence-electron chi connectivity index (χ1n) is 10.7. The van der Waals surface area contributed by atoms with Gasteiger partial charge in [-0.3, -0.25) is 4.79 Å². The number of thiazole rings is 1. The Hall–Kier alpha value is -1.92. The maximum atomic E-state index is 13.2. The highest BCUT2D eigenvalue weighted by atomic mass is 32.1. The summed E-state index contributed by atoms with van der Waals surface area (Å²) >= 11 is 1.46. The van der Waals surface area contributed by atoms with Gasteiger partial charge in [-0.25, -0.2) is 4.98 Å². The lowest BCUT2D eigenvalue weighted by Crippen LogP contribution is -2.59. The van der Waals surface area contributed by atoms with Crippen molar-refractivity contribution in [2.24, 2.45) is 17.3 Å². The molecule has 6 rings (SSSR count). The summed E-state index contributed by atoms with van der Waals surface area (Å²) in [6.45, 7) is 2.80. The van der Waals surface area contributed by atoms with Crippen LogP contribution in [-0.2, 0) is 4.79 Å². The summed E-state index contributed by atoms with van der Waals surface area (Å²) in [6, 6.07) is 7.91. The lowest BCUT2D eigenvalue weighted by atomic mass is 9.47. The first-order chi connectivity index (χ1) is 14.0. The number of amides is 1. The van der Waals surface area contributed by atoms with Gasteiger partial charge in [0.15, 0.2) is 5.13 Å². The molecule has 4 aliphatic rings. The zero-order valence-corrected chi connectivity index (χ0v) is 17.6. The third-order valence-electron chi connectivity index (χ3n) is 6.86. The first-order valence-corrected chi connectivity index (χ1v) is 11.6. The van der Waals surface area contributed by atoms with Crippen molar-refractivity contribution in [1.29, 1.82) is 0 Å². The Morgan fingerprint density at radius 3 is 2.62 bits per heavy atom. The second-order valence-electron chi connectivity index (χ2n) is 9.33. The Morgan fingerprint density at radius 1 is 1.24 bits per heavy atom. The molecule has 4 fully saturated rings. The van der Waals surface area contributed by atoms with E-state index < -0.39 is 11.0 Å². The molecule has 0 radical (unpaired) electrons. The van der Waals surface area contributed by atoms with Crippen LogP contribution >= 0.6 is 11.3 Å². The number of carbonyl (C=O) groups is 1. The highest BCUT2D eigenvalue weighted by Gasteiger charge is 2.60. The Balaban J connectivity index is 1.29. The zero-order valence-electron chi connectivity index (χ0n) is 16.8. The molecule has 1 amide bonds. The van der Waals surface area contributed by atoms with Gasteiger partial charge in [-0.15, -0.1) is 11.3 Å². The number of anilines is 1. The van der Waals surface area contributed by atoms with Gasteiger partial charge in [-0.1, -0.05) is 6.92 Å². The van der Waals surface area contributed by atoms with Crippen LogP contribution in [0.3, 0.4) is 0 Å². The molecule has 0 spiro atoms. The molecule has 2 unspecified atom stereocenters. The number of hydrogen-bond donors (Lipinski definition) is 2. The molecule has 29 heavy (non-hydrogen) atoms. The van der Waals surface area contributed by atoms with E-state index in [2.05, 4.69) is 17.2 Å². The molecule has 1 heterocycles. The Bertz CT molecular complexity index is 893. The quantitative estimate of drug-likeness (QED) is 0.710. The largest absolute Gasteiger partial charge is 0.494 e. The number of aliphatic hydroxyl groups is 1. The standard InChI is InChI=1S/C23H28N2O3S/c1-2-7-28-18-5-3-17(4-6-18)19-13-29-21(24-19)25-20(26)22-9-15-8-16(10-22)12-23(27,11-15)14-22/h3-6,13,15-16,27H,2,7-12,14H2,1H3,(H,24,25,26)/t15-,16+,22?,23?. The fourth-order valence-corrected chi connectivity index (χ4v) is 6.83. The lowest BCUT2D eigenvalue weighted by molar-refractivity contribution is -0.174. The van der Waals surface area contributed by atoms with Gasteiger partial charge >= 0.3 is 0 Å². The van der Waals surface area contributed by atoms with Gasteiger partial charge < -0.3 is 15.2 Å². The minimum atomic E-state index is -0.628. The maximum absolute atomic E-state index is 13.2. The Morgan fingerprint density at radius 2 is 1.97 bits per heavy atom. The molecule has 2 aromatic rings. The number of carbonyl (C=O) groups excluding carboxylic acids is 1. The number of nitrogens with zero attached hydrogens (tertiary/aromatic N) is 1. The number of ether oxygens (including phenoxy) is 1. The van der Waals surface area contributed by atoms with Gasteiger partial charge in [0.1, 0.15) is 5.75 Å². The van der Waals surface area contributed by atoms with Crippen LogP contribution in [0, 0.1) is 17.3 Å². The van der Waals surface area contributed by atoms with E-state index in [0.717, 1.165) is 49.1 Å². The summed E-state index contributed by atoms with van der Waals surface area (Å²) in [6.07, 6.45) is 6.34. The molecule has 4 atom stereocenters. The molecule has 1 aromatic carbocycles. The molecule has 0 aliphatic heterocycles. The van der Waals surface area contributed by atoms with Crippen molar-refractivity contribution in [3.05, 3.63) is 29.6 Å². The van der Waals surface area contributed by atoms with Crippen molar-refractivity contribution in [1.82, 2.24) is 4.98 Å². The molecular formula is C23H28N2O3S. The summed E-state index contributed by atoms with van der Waals surface area (Å²) in [5.41, 5.74) is 0.825. The number of aromatic nitrogens is 1. The normalized spacial score (nSPS) is 32.3. The van der Waals surface area contributed by atoms with Crippen LogP contribution in [0.4, 0.5) is 5.13 Å². The summed E-state index contributed by atoms with van der Waals surface area (Å²) in [5, 5.41) is 16.6. The molecule has 1 aromatic heterocycles. The van der Waals surface area contributed by atoms with E-state index in [4.69, 9.17) is 4.74 Å². The third kappa shape index (κ3) is 3.57. The lowest BCUT2D eigenvalue weighted by Gasteiger charge is -2.59. The minimum absolute atomic E-state index is 0.0502. The highest BCUT2D eigenvalue weighted by Crippen LogP contribution is 2.61. The van der Waals surface area contributed by atoms with Crippen molar-refractivity contribution in [3.63, 3.8) is 0 Å². The van der Waals surface area contributed by atoms with Crippen LogP contribution < -0.4 is 10.1 Å². The third-order valence-corrected chi connectivity index (χ3v) is 7.62. The number of hydrogen-bond acceptors (Lipinski definition) is 5. The van der Waals surface area contributed by atoms with Crippen LogP contribution in [-0.4, -0.2) is 28.2 Å². The smallest absolute Gasteiger partial charge is 0.232 e. The zero-order chi connectivity index (χ0) is 20.1. The summed E-state index contributed by atoms with van der Waals surface area (Å²) in [7, 11) is 0.